The van der Waals surface area contributed by atoms with Gasteiger partial charge in [-0.2, -0.15) is 0 Å². The molecule has 1 unspecified atom stereocenters. The molecule has 0 bridgehead atoms. The van der Waals surface area contributed by atoms with E-state index in [1.54, 1.807) is 0 Å². The average molecular weight is 341 g/mol. The lowest BCUT2D eigenvalue weighted by molar-refractivity contribution is -0.134. The summed E-state index contributed by atoms with van der Waals surface area (Å²) in [5, 5.41) is 0. The van der Waals surface area contributed by atoms with Crippen molar-refractivity contribution in [3.63, 3.8) is 0 Å². The average Bonchev–Trinajstić information content (AvgIpc) is 3.32. The lowest BCUT2D eigenvalue weighted by atomic mass is 10.0. The molecule has 2 amide bonds. The van der Waals surface area contributed by atoms with Crippen LogP contribution in [0.2, 0.25) is 0 Å². The van der Waals surface area contributed by atoms with E-state index in [4.69, 9.17) is 0 Å². The lowest BCUT2D eigenvalue weighted by Crippen LogP contribution is -2.42. The quantitative estimate of drug-likeness (QED) is 0.844. The molecule has 2 saturated heterocycles. The second-order valence-electron chi connectivity index (χ2n) is 7.53. The third-order valence-corrected chi connectivity index (χ3v) is 5.81. The van der Waals surface area contributed by atoms with Crippen LogP contribution in [-0.4, -0.2) is 60.9 Å². The summed E-state index contributed by atoms with van der Waals surface area (Å²) in [5.41, 5.74) is 2.34. The normalized spacial score (nSPS) is 23.8. The summed E-state index contributed by atoms with van der Waals surface area (Å²) in [5.74, 6) is 0.553. The molecule has 1 aromatic carbocycles. The number of nitrogens with zero attached hydrogens (tertiary/aromatic N) is 3. The van der Waals surface area contributed by atoms with Crippen LogP contribution in [0.4, 0.5) is 5.69 Å². The molecular formula is C20H27N3O2. The summed E-state index contributed by atoms with van der Waals surface area (Å²) in [6.07, 6.45) is 5.23. The van der Waals surface area contributed by atoms with Crippen LogP contribution in [0.1, 0.15) is 31.2 Å². The summed E-state index contributed by atoms with van der Waals surface area (Å²) >= 11 is 0. The highest BCUT2D eigenvalue weighted by molar-refractivity contribution is 5.96. The van der Waals surface area contributed by atoms with E-state index in [1.165, 1.54) is 5.56 Å². The third kappa shape index (κ3) is 3.43. The first-order chi connectivity index (χ1) is 12.2. The van der Waals surface area contributed by atoms with Crippen molar-refractivity contribution in [1.29, 1.82) is 0 Å². The molecule has 4 rings (SSSR count). The maximum atomic E-state index is 12.8. The first-order valence-electron chi connectivity index (χ1n) is 9.62. The highest BCUT2D eigenvalue weighted by atomic mass is 16.2. The smallest absolute Gasteiger partial charge is 0.241 e. The summed E-state index contributed by atoms with van der Waals surface area (Å²) in [7, 11) is 0. The zero-order valence-corrected chi connectivity index (χ0v) is 14.8. The molecule has 0 radical (unpaired) electrons. The van der Waals surface area contributed by atoms with Crippen molar-refractivity contribution in [1.82, 2.24) is 9.80 Å². The number of fused-ring (bicyclic) bond motifs is 1. The van der Waals surface area contributed by atoms with Gasteiger partial charge in [-0.3, -0.25) is 14.5 Å². The van der Waals surface area contributed by atoms with Gasteiger partial charge in [-0.25, -0.2) is 0 Å². The van der Waals surface area contributed by atoms with E-state index < -0.39 is 0 Å². The van der Waals surface area contributed by atoms with E-state index in [0.29, 0.717) is 12.5 Å². The Kier molecular flexibility index (Phi) is 4.75. The van der Waals surface area contributed by atoms with Crippen molar-refractivity contribution in [2.45, 2.75) is 32.1 Å². The molecule has 3 heterocycles. The first-order valence-corrected chi connectivity index (χ1v) is 9.62. The van der Waals surface area contributed by atoms with Crippen LogP contribution < -0.4 is 4.90 Å². The van der Waals surface area contributed by atoms with Gasteiger partial charge >= 0.3 is 0 Å². The molecule has 0 saturated carbocycles. The van der Waals surface area contributed by atoms with Crippen molar-refractivity contribution in [2.75, 3.05) is 44.2 Å². The number of para-hydroxylation sites is 1. The van der Waals surface area contributed by atoms with Crippen LogP contribution in [0.15, 0.2) is 24.3 Å². The predicted octanol–water partition coefficient (Wildman–Crippen LogP) is 1.91. The second-order valence-corrected chi connectivity index (χ2v) is 7.53. The number of benzene rings is 1. The lowest BCUT2D eigenvalue weighted by Gasteiger charge is -2.31. The van der Waals surface area contributed by atoms with Crippen LogP contribution in [0, 0.1) is 5.92 Å². The molecule has 3 aliphatic heterocycles. The minimum atomic E-state index is 0.0829. The van der Waals surface area contributed by atoms with Crippen LogP contribution >= 0.6 is 0 Å². The number of hydrogen-bond acceptors (Lipinski definition) is 3. The summed E-state index contributed by atoms with van der Waals surface area (Å²) in [6, 6.07) is 8.22. The van der Waals surface area contributed by atoms with Crippen molar-refractivity contribution >= 4 is 17.5 Å². The van der Waals surface area contributed by atoms with Gasteiger partial charge in [0.05, 0.1) is 12.5 Å². The van der Waals surface area contributed by atoms with E-state index in [9.17, 15) is 9.59 Å². The molecule has 25 heavy (non-hydrogen) atoms. The highest BCUT2D eigenvalue weighted by Crippen LogP contribution is 2.27. The van der Waals surface area contributed by atoms with Gasteiger partial charge in [-0.1, -0.05) is 18.2 Å². The molecule has 5 nitrogen and oxygen atoms in total. The topological polar surface area (TPSA) is 43.9 Å². The number of aryl methyl sites for hydroxylation is 1. The van der Waals surface area contributed by atoms with Gasteiger partial charge in [-0.05, 0) is 50.3 Å². The zero-order valence-electron chi connectivity index (χ0n) is 14.8. The van der Waals surface area contributed by atoms with Gasteiger partial charge in [0.2, 0.25) is 11.8 Å². The van der Waals surface area contributed by atoms with Crippen LogP contribution in [0.3, 0.4) is 0 Å². The second kappa shape index (κ2) is 7.16. The molecule has 1 atom stereocenters. The van der Waals surface area contributed by atoms with Gasteiger partial charge in [0.15, 0.2) is 0 Å². The Labute approximate surface area is 149 Å². The standard InChI is InChI=1S/C20H27N3O2/c24-19(23-12-5-7-16-6-1-2-8-18(16)23)15-21-13-9-17(14-21)20(25)22-10-3-4-11-22/h1-2,6,8,17H,3-5,7,9-15H2. The van der Waals surface area contributed by atoms with Crippen LogP contribution in [0.5, 0.6) is 0 Å². The first kappa shape index (κ1) is 16.6. The van der Waals surface area contributed by atoms with E-state index in [1.807, 2.05) is 21.9 Å². The fourth-order valence-electron chi connectivity index (χ4n) is 4.44. The molecule has 0 spiro atoms. The number of hydrogen-bond donors (Lipinski definition) is 0. The van der Waals surface area contributed by atoms with Gasteiger partial charge in [-0.15, -0.1) is 0 Å². The monoisotopic (exact) mass is 341 g/mol. The van der Waals surface area contributed by atoms with Crippen molar-refractivity contribution in [3.8, 4) is 0 Å². The van der Waals surface area contributed by atoms with Crippen molar-refractivity contribution < 1.29 is 9.59 Å². The number of rotatable bonds is 3. The summed E-state index contributed by atoms with van der Waals surface area (Å²) < 4.78 is 0. The minimum absolute atomic E-state index is 0.0829. The Morgan fingerprint density at radius 3 is 2.64 bits per heavy atom. The fourth-order valence-corrected chi connectivity index (χ4v) is 4.44. The molecular weight excluding hydrogens is 314 g/mol. The highest BCUT2D eigenvalue weighted by Gasteiger charge is 2.34. The van der Waals surface area contributed by atoms with Crippen molar-refractivity contribution in [3.05, 3.63) is 29.8 Å². The molecule has 3 aliphatic rings. The Morgan fingerprint density at radius 1 is 1.00 bits per heavy atom. The summed E-state index contributed by atoms with van der Waals surface area (Å²) in [4.78, 5) is 31.5. The number of carbonyl (C=O) groups is 2. The van der Waals surface area contributed by atoms with E-state index in [0.717, 1.165) is 70.5 Å². The Bertz CT molecular complexity index is 654. The van der Waals surface area contributed by atoms with Crippen molar-refractivity contribution in [2.24, 2.45) is 5.92 Å². The van der Waals surface area contributed by atoms with Gasteiger partial charge in [0.25, 0.3) is 0 Å². The van der Waals surface area contributed by atoms with Gasteiger partial charge < -0.3 is 9.80 Å². The largest absolute Gasteiger partial charge is 0.342 e. The molecule has 134 valence electrons. The minimum Gasteiger partial charge on any atom is -0.342 e. The van der Waals surface area contributed by atoms with Gasteiger partial charge in [0.1, 0.15) is 0 Å². The van der Waals surface area contributed by atoms with E-state index in [-0.39, 0.29) is 11.8 Å². The SMILES string of the molecule is O=C(C1CCN(CC(=O)N2CCCc3ccccc32)C1)N1CCCC1. The zero-order chi connectivity index (χ0) is 17.2. The summed E-state index contributed by atoms with van der Waals surface area (Å²) in [6.45, 7) is 4.65. The van der Waals surface area contributed by atoms with Gasteiger partial charge in [0, 0.05) is 31.9 Å². The molecule has 2 fully saturated rings. The molecule has 0 aromatic heterocycles. The number of anilines is 1. The fraction of sp³-hybridized carbons (Fsp3) is 0.600. The number of amides is 2. The predicted molar refractivity (Wildman–Crippen MR) is 97.5 cm³/mol. The third-order valence-electron chi connectivity index (χ3n) is 5.81. The Balaban J connectivity index is 1.35. The maximum Gasteiger partial charge on any atom is 0.241 e. The van der Waals surface area contributed by atoms with E-state index >= 15 is 0 Å². The molecule has 0 aliphatic carbocycles. The maximum absolute atomic E-state index is 12.8. The molecule has 0 N–H and O–H groups in total. The van der Waals surface area contributed by atoms with Crippen LogP contribution in [-0.2, 0) is 16.0 Å². The Morgan fingerprint density at radius 2 is 1.80 bits per heavy atom. The molecule has 5 heteroatoms. The molecule has 1 aromatic rings. The van der Waals surface area contributed by atoms with Crippen LogP contribution in [0.25, 0.3) is 0 Å². The van der Waals surface area contributed by atoms with E-state index in [2.05, 4.69) is 17.0 Å². The number of carbonyl (C=O) groups excluding carboxylic acids is 2. The number of likely N-dealkylation sites (tertiary alicyclic amines) is 2. The Hall–Kier alpha value is -1.88.